The van der Waals surface area contributed by atoms with Crippen molar-refractivity contribution in [2.45, 2.75) is 38.5 Å². The van der Waals surface area contributed by atoms with E-state index in [0.29, 0.717) is 0 Å². The third-order valence-corrected chi connectivity index (χ3v) is 2.83. The molecule has 0 heterocycles. The van der Waals surface area contributed by atoms with Crippen molar-refractivity contribution in [2.24, 2.45) is 0 Å². The molecule has 0 aliphatic rings. The maximum atomic E-state index is 12.1. The van der Waals surface area contributed by atoms with Crippen LogP contribution in [0.4, 0.5) is 13.2 Å². The van der Waals surface area contributed by atoms with Crippen molar-refractivity contribution < 1.29 is 22.4 Å². The second-order valence-electron chi connectivity index (χ2n) is 4.63. The fourth-order valence-electron chi connectivity index (χ4n) is 1.13. The Bertz CT molecular complexity index is 316. The summed E-state index contributed by atoms with van der Waals surface area (Å²) in [7, 11) is 0.766. The number of nitrogens with zero attached hydrogens (tertiary/aromatic N) is 1. The molecular weight excluding hydrogens is 251 g/mol. The van der Waals surface area contributed by atoms with E-state index in [-0.39, 0.29) is 0 Å². The minimum atomic E-state index is -4.54. The number of halogens is 3. The first kappa shape index (κ1) is 16.4. The number of rotatable bonds is 4. The molecule has 17 heavy (non-hydrogen) atoms. The molecule has 1 unspecified atom stereocenters. The molecule has 1 atom stereocenters. The minimum Gasteiger partial charge on any atom is -0.389 e. The van der Waals surface area contributed by atoms with Gasteiger partial charge in [0, 0.05) is 13.0 Å². The van der Waals surface area contributed by atoms with Crippen LogP contribution >= 0.6 is 0 Å². The van der Waals surface area contributed by atoms with Gasteiger partial charge in [-0.25, -0.2) is 0 Å². The maximum absolute atomic E-state index is 12.1. The highest BCUT2D eigenvalue weighted by Gasteiger charge is 2.36. The molecule has 0 fully saturated rings. The molecule has 0 radical (unpaired) electrons. The van der Waals surface area contributed by atoms with E-state index in [1.54, 1.807) is 0 Å². The Morgan fingerprint density at radius 2 is 1.59 bits per heavy atom. The van der Waals surface area contributed by atoms with Crippen LogP contribution in [-0.4, -0.2) is 39.4 Å². The van der Waals surface area contributed by atoms with Gasteiger partial charge >= 0.3 is 6.18 Å². The zero-order valence-electron chi connectivity index (χ0n) is 10.9. The van der Waals surface area contributed by atoms with E-state index in [2.05, 4.69) is 5.92 Å². The van der Waals surface area contributed by atoms with E-state index in [1.807, 2.05) is 19.6 Å². The molecule has 0 rings (SSSR count). The highest BCUT2D eigenvalue weighted by atomic mass is 28.4. The normalized spacial score (nSPS) is 16.4. The third-order valence-electron chi connectivity index (χ3n) is 1.82. The Labute approximate surface area is 101 Å². The fraction of sp³-hybridized carbons (Fsp3) is 0.800. The van der Waals surface area contributed by atoms with Crippen LogP contribution in [0.25, 0.3) is 0 Å². The average molecular weight is 269 g/mol. The van der Waals surface area contributed by atoms with E-state index in [1.165, 1.54) is 32.1 Å². The highest BCUT2D eigenvalue weighted by molar-refractivity contribution is 6.69. The van der Waals surface area contributed by atoms with Gasteiger partial charge in [0.1, 0.15) is 0 Å². The maximum Gasteiger partial charge on any atom is 0.457 e. The lowest BCUT2D eigenvalue weighted by Crippen LogP contribution is -2.50. The zero-order chi connectivity index (χ0) is 13.9. The summed E-state index contributed by atoms with van der Waals surface area (Å²) < 4.78 is 42.0. The van der Waals surface area contributed by atoms with Crippen molar-refractivity contribution in [1.82, 2.24) is 5.06 Å². The topological polar surface area (TPSA) is 21.7 Å². The van der Waals surface area contributed by atoms with Gasteiger partial charge in [0.2, 0.25) is 0 Å². The van der Waals surface area contributed by atoms with Gasteiger partial charge in [-0.3, -0.25) is 4.84 Å². The minimum absolute atomic E-state index is 1.17. The molecule has 0 amide bonds. The molecule has 100 valence electrons. The fourth-order valence-corrected chi connectivity index (χ4v) is 2.50. The lowest BCUT2D eigenvalue weighted by Gasteiger charge is -2.37. The Hall–Kier alpha value is -0.553. The average Bonchev–Trinajstić information content (AvgIpc) is 2.09. The molecule has 0 aliphatic carbocycles. The van der Waals surface area contributed by atoms with E-state index >= 15 is 0 Å². The van der Waals surface area contributed by atoms with Crippen molar-refractivity contribution in [3.05, 3.63) is 0 Å². The number of hydrogen-bond acceptors (Lipinski definition) is 3. The van der Waals surface area contributed by atoms with Crippen LogP contribution < -0.4 is 0 Å². The van der Waals surface area contributed by atoms with Crippen molar-refractivity contribution in [2.75, 3.05) is 14.2 Å². The molecular formula is C10H18F3NO2Si. The summed E-state index contributed by atoms with van der Waals surface area (Å²) in [5, 5.41) is 1.17. The van der Waals surface area contributed by atoms with Gasteiger partial charge in [-0.05, 0) is 32.5 Å². The summed E-state index contributed by atoms with van der Waals surface area (Å²) >= 11 is 0. The second kappa shape index (κ2) is 5.39. The molecule has 0 saturated carbocycles. The monoisotopic (exact) mass is 269 g/mol. The van der Waals surface area contributed by atoms with Gasteiger partial charge in [-0.2, -0.15) is 18.2 Å². The Balaban J connectivity index is 5.17. The van der Waals surface area contributed by atoms with Gasteiger partial charge in [-0.15, -0.1) is 0 Å². The third kappa shape index (κ3) is 6.68. The standard InChI is InChI=1S/C10H18F3NO2Si/c1-9(14(2)15-3,16-17(4,5)6)7-8-10(11,12)13/h1-6H3. The summed E-state index contributed by atoms with van der Waals surface area (Å²) in [4.78, 5) is 4.89. The van der Waals surface area contributed by atoms with Gasteiger partial charge in [0.15, 0.2) is 14.0 Å². The SMILES string of the molecule is CON(C)C(C)(C#CC(F)(F)F)O[Si](C)(C)C. The van der Waals surface area contributed by atoms with E-state index in [0.717, 1.165) is 0 Å². The van der Waals surface area contributed by atoms with Crippen molar-refractivity contribution >= 4 is 8.32 Å². The van der Waals surface area contributed by atoms with Crippen LogP contribution in [-0.2, 0) is 9.26 Å². The van der Waals surface area contributed by atoms with Crippen LogP contribution in [0.1, 0.15) is 6.92 Å². The lowest BCUT2D eigenvalue weighted by molar-refractivity contribution is -0.222. The van der Waals surface area contributed by atoms with Gasteiger partial charge in [-0.1, -0.05) is 0 Å². The molecule has 0 aromatic heterocycles. The molecule has 0 saturated heterocycles. The lowest BCUT2D eigenvalue weighted by atomic mass is 10.2. The largest absolute Gasteiger partial charge is 0.457 e. The van der Waals surface area contributed by atoms with Crippen molar-refractivity contribution in [1.29, 1.82) is 0 Å². The van der Waals surface area contributed by atoms with Gasteiger partial charge < -0.3 is 4.43 Å². The first-order valence-electron chi connectivity index (χ1n) is 4.99. The molecule has 0 spiro atoms. The quantitative estimate of drug-likeness (QED) is 0.339. The van der Waals surface area contributed by atoms with Crippen LogP contribution in [0, 0.1) is 11.8 Å². The molecule has 0 aromatic rings. The molecule has 0 bridgehead atoms. The number of hydrogen-bond donors (Lipinski definition) is 0. The zero-order valence-corrected chi connectivity index (χ0v) is 11.9. The first-order valence-corrected chi connectivity index (χ1v) is 8.40. The van der Waals surface area contributed by atoms with Crippen LogP contribution in [0.2, 0.25) is 19.6 Å². The van der Waals surface area contributed by atoms with Crippen LogP contribution in [0.3, 0.4) is 0 Å². The summed E-state index contributed by atoms with van der Waals surface area (Å²) in [6.07, 6.45) is -4.54. The van der Waals surface area contributed by atoms with E-state index < -0.39 is 20.2 Å². The van der Waals surface area contributed by atoms with Gasteiger partial charge in [0.05, 0.1) is 7.11 Å². The van der Waals surface area contributed by atoms with Gasteiger partial charge in [0.25, 0.3) is 0 Å². The highest BCUT2D eigenvalue weighted by Crippen LogP contribution is 2.22. The summed E-state index contributed by atoms with van der Waals surface area (Å²) in [5.41, 5.74) is -1.41. The Kier molecular flexibility index (Phi) is 5.22. The van der Waals surface area contributed by atoms with E-state index in [4.69, 9.17) is 9.26 Å². The molecule has 0 aromatic carbocycles. The predicted octanol–water partition coefficient (Wildman–Crippen LogP) is 2.61. The van der Waals surface area contributed by atoms with Crippen LogP contribution in [0.5, 0.6) is 0 Å². The molecule has 0 N–H and O–H groups in total. The number of alkyl halides is 3. The number of hydroxylamine groups is 2. The Morgan fingerprint density at radius 3 is 1.88 bits per heavy atom. The summed E-state index contributed by atoms with van der Waals surface area (Å²) in [6, 6.07) is 0. The van der Waals surface area contributed by atoms with Crippen molar-refractivity contribution in [3.8, 4) is 11.8 Å². The summed E-state index contributed by atoms with van der Waals surface area (Å²) in [6.45, 7) is 7.05. The van der Waals surface area contributed by atoms with Crippen molar-refractivity contribution in [3.63, 3.8) is 0 Å². The second-order valence-corrected chi connectivity index (χ2v) is 9.05. The predicted molar refractivity (Wildman–Crippen MR) is 61.4 cm³/mol. The van der Waals surface area contributed by atoms with Crippen LogP contribution in [0.15, 0.2) is 0 Å². The summed E-state index contributed by atoms with van der Waals surface area (Å²) in [5.74, 6) is 3.31. The first-order chi connectivity index (χ1) is 7.40. The molecule has 3 nitrogen and oxygen atoms in total. The Morgan fingerprint density at radius 1 is 1.12 bits per heavy atom. The smallest absolute Gasteiger partial charge is 0.389 e. The molecule has 7 heteroatoms. The molecule has 0 aliphatic heterocycles. The van der Waals surface area contributed by atoms with E-state index in [9.17, 15) is 13.2 Å².